The first kappa shape index (κ1) is 22.1. The third kappa shape index (κ3) is 4.92. The van der Waals surface area contributed by atoms with Gasteiger partial charge in [-0.3, -0.25) is 9.69 Å². The van der Waals surface area contributed by atoms with E-state index in [9.17, 15) is 13.2 Å². The number of carbonyl (C=O) groups excluding carboxylic acids is 1. The lowest BCUT2D eigenvalue weighted by Crippen LogP contribution is -2.50. The van der Waals surface area contributed by atoms with Gasteiger partial charge in [0.15, 0.2) is 0 Å². The first-order valence-corrected chi connectivity index (χ1v) is 11.2. The van der Waals surface area contributed by atoms with E-state index >= 15 is 0 Å². The fourth-order valence-corrected chi connectivity index (χ4v) is 4.87. The molecule has 0 atom stereocenters. The van der Waals surface area contributed by atoms with Crippen LogP contribution in [0.5, 0.6) is 11.5 Å². The van der Waals surface area contributed by atoms with Crippen LogP contribution in [0.1, 0.15) is 10.4 Å². The molecule has 8 nitrogen and oxygen atoms in total. The van der Waals surface area contributed by atoms with Crippen LogP contribution in [0.15, 0.2) is 53.4 Å². The molecule has 1 saturated heterocycles. The van der Waals surface area contributed by atoms with Crippen LogP contribution in [-0.4, -0.2) is 77.0 Å². The minimum atomic E-state index is -3.46. The van der Waals surface area contributed by atoms with E-state index in [-0.39, 0.29) is 5.91 Å². The molecule has 0 radical (unpaired) electrons. The standard InChI is InChI=1S/C21H27N3O5S/c1-28-18-9-6-10-19(29-2)20(18)21(25)22-11-12-23-13-15-24(16-14-23)30(26,27)17-7-4-3-5-8-17/h3-10H,11-16H2,1-2H3,(H,22,25). The Kier molecular flexibility index (Phi) is 7.30. The van der Waals surface area contributed by atoms with Crippen molar-refractivity contribution < 1.29 is 22.7 Å². The molecule has 0 unspecified atom stereocenters. The van der Waals surface area contributed by atoms with Gasteiger partial charge < -0.3 is 14.8 Å². The third-order valence-corrected chi connectivity index (χ3v) is 6.99. The minimum absolute atomic E-state index is 0.269. The van der Waals surface area contributed by atoms with Crippen molar-refractivity contribution in [2.75, 3.05) is 53.5 Å². The topological polar surface area (TPSA) is 88.2 Å². The monoisotopic (exact) mass is 433 g/mol. The molecule has 0 saturated carbocycles. The number of nitrogens with one attached hydrogen (secondary N) is 1. The molecule has 2 aromatic carbocycles. The lowest BCUT2D eigenvalue weighted by molar-refractivity contribution is 0.0939. The predicted octanol–water partition coefficient (Wildman–Crippen LogP) is 1.44. The van der Waals surface area contributed by atoms with E-state index in [1.807, 2.05) is 0 Å². The molecule has 1 heterocycles. The number of ether oxygens (including phenoxy) is 2. The summed E-state index contributed by atoms with van der Waals surface area (Å²) in [5.74, 6) is 0.632. The van der Waals surface area contributed by atoms with E-state index in [0.717, 1.165) is 0 Å². The summed E-state index contributed by atoms with van der Waals surface area (Å²) in [5.41, 5.74) is 0.362. The van der Waals surface area contributed by atoms with Gasteiger partial charge in [0.2, 0.25) is 10.0 Å². The van der Waals surface area contributed by atoms with E-state index < -0.39 is 10.0 Å². The number of benzene rings is 2. The molecule has 2 aromatic rings. The van der Waals surface area contributed by atoms with Crippen LogP contribution in [0, 0.1) is 0 Å². The molecule has 0 spiro atoms. The van der Waals surface area contributed by atoms with Gasteiger partial charge in [0, 0.05) is 39.3 Å². The highest BCUT2D eigenvalue weighted by Gasteiger charge is 2.28. The predicted molar refractivity (Wildman–Crippen MR) is 114 cm³/mol. The summed E-state index contributed by atoms with van der Waals surface area (Å²) in [6.45, 7) is 3.13. The van der Waals surface area contributed by atoms with Gasteiger partial charge in [0.1, 0.15) is 17.1 Å². The van der Waals surface area contributed by atoms with Crippen molar-refractivity contribution >= 4 is 15.9 Å². The molecular weight excluding hydrogens is 406 g/mol. The summed E-state index contributed by atoms with van der Waals surface area (Å²) in [4.78, 5) is 15.1. The first-order valence-electron chi connectivity index (χ1n) is 9.74. The summed E-state index contributed by atoms with van der Waals surface area (Å²) in [6, 6.07) is 13.7. The summed E-state index contributed by atoms with van der Waals surface area (Å²) in [7, 11) is -0.445. The quantitative estimate of drug-likeness (QED) is 0.678. The second-order valence-corrected chi connectivity index (χ2v) is 8.79. The number of sulfonamides is 1. The van der Waals surface area contributed by atoms with Gasteiger partial charge in [-0.15, -0.1) is 0 Å². The molecule has 1 N–H and O–H groups in total. The third-order valence-electron chi connectivity index (χ3n) is 5.08. The van der Waals surface area contributed by atoms with Crippen molar-refractivity contribution in [1.82, 2.24) is 14.5 Å². The number of methoxy groups -OCH3 is 2. The molecule has 1 aliphatic heterocycles. The zero-order valence-corrected chi connectivity index (χ0v) is 18.0. The number of hydrogen-bond donors (Lipinski definition) is 1. The van der Waals surface area contributed by atoms with Crippen molar-refractivity contribution in [1.29, 1.82) is 0 Å². The molecule has 3 rings (SSSR count). The molecule has 1 amide bonds. The van der Waals surface area contributed by atoms with Crippen molar-refractivity contribution in [3.8, 4) is 11.5 Å². The second-order valence-electron chi connectivity index (χ2n) is 6.85. The molecule has 0 aromatic heterocycles. The highest BCUT2D eigenvalue weighted by molar-refractivity contribution is 7.89. The first-order chi connectivity index (χ1) is 14.5. The van der Waals surface area contributed by atoms with Crippen LogP contribution in [-0.2, 0) is 10.0 Å². The Labute approximate surface area is 177 Å². The van der Waals surface area contributed by atoms with Gasteiger partial charge in [-0.2, -0.15) is 4.31 Å². The smallest absolute Gasteiger partial charge is 0.258 e. The fraction of sp³-hybridized carbons (Fsp3) is 0.381. The Balaban J connectivity index is 1.51. The van der Waals surface area contributed by atoms with Crippen LogP contribution < -0.4 is 14.8 Å². The SMILES string of the molecule is COc1cccc(OC)c1C(=O)NCCN1CCN(S(=O)(=O)c2ccccc2)CC1. The second kappa shape index (κ2) is 9.92. The van der Waals surface area contributed by atoms with Crippen LogP contribution >= 0.6 is 0 Å². The summed E-state index contributed by atoms with van der Waals surface area (Å²) in [5, 5.41) is 2.89. The lowest BCUT2D eigenvalue weighted by atomic mass is 10.1. The van der Waals surface area contributed by atoms with Gasteiger partial charge in [0.05, 0.1) is 19.1 Å². The summed E-state index contributed by atoms with van der Waals surface area (Å²) < 4.78 is 37.5. The van der Waals surface area contributed by atoms with E-state index in [1.54, 1.807) is 48.5 Å². The minimum Gasteiger partial charge on any atom is -0.496 e. The normalized spacial score (nSPS) is 15.5. The van der Waals surface area contributed by atoms with Crippen molar-refractivity contribution in [2.24, 2.45) is 0 Å². The number of rotatable bonds is 8. The summed E-state index contributed by atoms with van der Waals surface area (Å²) in [6.07, 6.45) is 0. The van der Waals surface area contributed by atoms with Crippen molar-refractivity contribution in [2.45, 2.75) is 4.90 Å². The number of carbonyl (C=O) groups is 1. The zero-order chi connectivity index (χ0) is 21.6. The van der Waals surface area contributed by atoms with Crippen LogP contribution in [0.2, 0.25) is 0 Å². The Morgan fingerprint density at radius 2 is 1.53 bits per heavy atom. The van der Waals surface area contributed by atoms with Crippen molar-refractivity contribution in [3.05, 3.63) is 54.1 Å². The molecule has 0 bridgehead atoms. The molecule has 1 fully saturated rings. The zero-order valence-electron chi connectivity index (χ0n) is 17.2. The lowest BCUT2D eigenvalue weighted by Gasteiger charge is -2.34. The van der Waals surface area contributed by atoms with Gasteiger partial charge in [-0.1, -0.05) is 24.3 Å². The van der Waals surface area contributed by atoms with E-state index in [4.69, 9.17) is 9.47 Å². The molecule has 162 valence electrons. The van der Waals surface area contributed by atoms with Crippen LogP contribution in [0.25, 0.3) is 0 Å². The molecule has 1 aliphatic rings. The number of nitrogens with zero attached hydrogens (tertiary/aromatic N) is 2. The van der Waals surface area contributed by atoms with Crippen LogP contribution in [0.4, 0.5) is 0 Å². The fourth-order valence-electron chi connectivity index (χ4n) is 3.43. The van der Waals surface area contributed by atoms with Crippen LogP contribution in [0.3, 0.4) is 0 Å². The maximum atomic E-state index is 12.7. The summed E-state index contributed by atoms with van der Waals surface area (Å²) >= 11 is 0. The Bertz CT molecular complexity index is 936. The number of amides is 1. The highest BCUT2D eigenvalue weighted by atomic mass is 32.2. The number of hydrogen-bond acceptors (Lipinski definition) is 6. The molecule has 9 heteroatoms. The molecule has 30 heavy (non-hydrogen) atoms. The Morgan fingerprint density at radius 1 is 0.933 bits per heavy atom. The Morgan fingerprint density at radius 3 is 2.10 bits per heavy atom. The maximum Gasteiger partial charge on any atom is 0.258 e. The van der Waals surface area contributed by atoms with Crippen molar-refractivity contribution in [3.63, 3.8) is 0 Å². The maximum absolute atomic E-state index is 12.7. The van der Waals surface area contributed by atoms with Gasteiger partial charge in [-0.05, 0) is 24.3 Å². The molecule has 0 aliphatic carbocycles. The average Bonchev–Trinajstić information content (AvgIpc) is 2.79. The molecular formula is C21H27N3O5S. The highest BCUT2D eigenvalue weighted by Crippen LogP contribution is 2.27. The largest absolute Gasteiger partial charge is 0.496 e. The average molecular weight is 434 g/mol. The van der Waals surface area contributed by atoms with E-state index in [0.29, 0.717) is 61.2 Å². The van der Waals surface area contributed by atoms with Gasteiger partial charge >= 0.3 is 0 Å². The number of piperazine rings is 1. The van der Waals surface area contributed by atoms with E-state index in [1.165, 1.54) is 18.5 Å². The van der Waals surface area contributed by atoms with Gasteiger partial charge in [0.25, 0.3) is 5.91 Å². The van der Waals surface area contributed by atoms with Gasteiger partial charge in [-0.25, -0.2) is 8.42 Å². The Hall–Kier alpha value is -2.62. The van der Waals surface area contributed by atoms with E-state index in [2.05, 4.69) is 10.2 Å².